The molecule has 0 aromatic heterocycles. The number of carboxylic acid groups (broad SMARTS) is 1. The molecule has 1 amide bonds. The summed E-state index contributed by atoms with van der Waals surface area (Å²) < 4.78 is 5.13. The second-order valence-corrected chi connectivity index (χ2v) is 7.89. The topological polar surface area (TPSA) is 112 Å². The first kappa shape index (κ1) is 27.4. The predicted molar refractivity (Wildman–Crippen MR) is 133 cm³/mol. The smallest absolute Gasteiger partial charge is 0.335 e. The van der Waals surface area contributed by atoms with Crippen LogP contribution in [0.25, 0.3) is 0 Å². The molecule has 9 nitrogen and oxygen atoms in total. The Kier molecular flexibility index (Phi) is 9.44. The molecule has 35 heavy (non-hydrogen) atoms. The number of aliphatic hydroxyl groups is 1. The highest BCUT2D eigenvalue weighted by atomic mass is 35.5. The Balaban J connectivity index is 0.00000432. The van der Waals surface area contributed by atoms with E-state index in [0.29, 0.717) is 5.57 Å². The lowest BCUT2D eigenvalue weighted by molar-refractivity contribution is -0.124. The number of methoxy groups -OCH3 is 1. The summed E-state index contributed by atoms with van der Waals surface area (Å²) in [6, 6.07) is 13.6. The molecule has 1 aliphatic heterocycles. The van der Waals surface area contributed by atoms with Gasteiger partial charge in [-0.2, -0.15) is 0 Å². The molecule has 0 aliphatic carbocycles. The molecule has 0 saturated heterocycles. The Labute approximate surface area is 210 Å². The summed E-state index contributed by atoms with van der Waals surface area (Å²) in [4.78, 5) is 31.9. The molecule has 1 aliphatic rings. The van der Waals surface area contributed by atoms with Crippen LogP contribution < -0.4 is 4.74 Å². The van der Waals surface area contributed by atoms with E-state index in [0.717, 1.165) is 16.9 Å². The molecular formula is C25H28ClN3O6. The van der Waals surface area contributed by atoms with E-state index in [9.17, 15) is 14.7 Å². The maximum Gasteiger partial charge on any atom is 0.335 e. The lowest BCUT2D eigenvalue weighted by atomic mass is 10.0. The predicted octanol–water partition coefficient (Wildman–Crippen LogP) is 3.05. The largest absolute Gasteiger partial charge is 0.497 e. The Morgan fingerprint density at radius 3 is 2.29 bits per heavy atom. The van der Waals surface area contributed by atoms with Gasteiger partial charge in [0.15, 0.2) is 5.72 Å². The van der Waals surface area contributed by atoms with E-state index in [2.05, 4.69) is 5.16 Å². The van der Waals surface area contributed by atoms with Crippen molar-refractivity contribution < 1.29 is 29.4 Å². The van der Waals surface area contributed by atoms with Gasteiger partial charge in [0.05, 0.1) is 18.2 Å². The van der Waals surface area contributed by atoms with Gasteiger partial charge in [0.2, 0.25) is 0 Å². The number of likely N-dealkylation sites (N-methyl/N-ethyl adjacent to an activating group) is 1. The molecule has 2 aromatic carbocycles. The lowest BCUT2D eigenvalue weighted by Gasteiger charge is -2.36. The third kappa shape index (κ3) is 7.08. The number of amides is 1. The summed E-state index contributed by atoms with van der Waals surface area (Å²) in [7, 11) is 4.87. The van der Waals surface area contributed by atoms with Crippen molar-refractivity contribution in [3.05, 3.63) is 89.1 Å². The normalized spacial score (nSPS) is 16.9. The van der Waals surface area contributed by atoms with Crippen molar-refractivity contribution in [3.63, 3.8) is 0 Å². The SMILES string of the molecule is COc1ccc(CON=CC2(O)C=CC(C(=O)N(C)C)=CN2Cc2ccc(C(=O)O)cc2)cc1.Cl. The average Bonchev–Trinajstić information content (AvgIpc) is 2.83. The molecule has 2 N–H and O–H groups in total. The van der Waals surface area contributed by atoms with Gasteiger partial charge in [0.1, 0.15) is 18.6 Å². The van der Waals surface area contributed by atoms with Crippen molar-refractivity contribution in [2.24, 2.45) is 5.16 Å². The van der Waals surface area contributed by atoms with Crippen LogP contribution in [0, 0.1) is 0 Å². The zero-order chi connectivity index (χ0) is 24.7. The summed E-state index contributed by atoms with van der Waals surface area (Å²) >= 11 is 0. The van der Waals surface area contributed by atoms with Gasteiger partial charge in [0.25, 0.3) is 5.91 Å². The standard InChI is InChI=1S/C25H27N3O6.ClH/c1-27(2)23(29)21-12-13-25(32,17-26-34-16-19-6-10-22(33-3)11-7-19)28(15-21)14-18-4-8-20(9-5-18)24(30)31;/h4-13,15,17,32H,14,16H2,1-3H3,(H,30,31);1H. The van der Waals surface area contributed by atoms with Gasteiger partial charge < -0.3 is 29.6 Å². The van der Waals surface area contributed by atoms with Gasteiger partial charge in [-0.25, -0.2) is 4.79 Å². The van der Waals surface area contributed by atoms with Gasteiger partial charge in [0, 0.05) is 26.8 Å². The monoisotopic (exact) mass is 501 g/mol. The third-order valence-electron chi connectivity index (χ3n) is 5.18. The van der Waals surface area contributed by atoms with Gasteiger partial charge in [-0.15, -0.1) is 12.4 Å². The Bertz CT molecular complexity index is 1110. The summed E-state index contributed by atoms with van der Waals surface area (Å²) in [5.41, 5.74) is 0.480. The van der Waals surface area contributed by atoms with E-state index < -0.39 is 11.7 Å². The minimum Gasteiger partial charge on any atom is -0.497 e. The van der Waals surface area contributed by atoms with Crippen molar-refractivity contribution in [1.82, 2.24) is 9.80 Å². The highest BCUT2D eigenvalue weighted by molar-refractivity contribution is 5.96. The molecule has 0 bridgehead atoms. The quantitative estimate of drug-likeness (QED) is 0.401. The van der Waals surface area contributed by atoms with Crippen LogP contribution in [0.4, 0.5) is 0 Å². The number of ether oxygens (including phenoxy) is 1. The average molecular weight is 502 g/mol. The van der Waals surface area contributed by atoms with Crippen molar-refractivity contribution >= 4 is 30.5 Å². The molecule has 1 unspecified atom stereocenters. The molecular weight excluding hydrogens is 474 g/mol. The maximum absolute atomic E-state index is 12.5. The van der Waals surface area contributed by atoms with Crippen LogP contribution in [-0.4, -0.2) is 65.0 Å². The molecule has 10 heteroatoms. The number of oxime groups is 1. The van der Waals surface area contributed by atoms with Crippen LogP contribution in [0.15, 0.2) is 77.6 Å². The molecule has 2 aromatic rings. The lowest BCUT2D eigenvalue weighted by Crippen LogP contribution is -2.47. The number of rotatable bonds is 9. The third-order valence-corrected chi connectivity index (χ3v) is 5.18. The molecule has 0 saturated carbocycles. The number of benzene rings is 2. The fraction of sp³-hybridized carbons (Fsp3) is 0.240. The first-order chi connectivity index (χ1) is 16.2. The van der Waals surface area contributed by atoms with Crippen LogP contribution in [-0.2, 0) is 22.8 Å². The second kappa shape index (κ2) is 12.0. The van der Waals surface area contributed by atoms with Gasteiger partial charge >= 0.3 is 5.97 Å². The van der Waals surface area contributed by atoms with E-state index in [-0.39, 0.29) is 37.0 Å². The molecule has 3 rings (SSSR count). The molecule has 0 radical (unpaired) electrons. The van der Waals surface area contributed by atoms with Crippen LogP contribution in [0.2, 0.25) is 0 Å². The minimum absolute atomic E-state index is 0. The van der Waals surface area contributed by atoms with Crippen molar-refractivity contribution in [3.8, 4) is 5.75 Å². The van der Waals surface area contributed by atoms with Crippen LogP contribution in [0.1, 0.15) is 21.5 Å². The van der Waals surface area contributed by atoms with E-state index in [1.165, 1.54) is 40.3 Å². The number of carbonyl (C=O) groups is 2. The van der Waals surface area contributed by atoms with E-state index >= 15 is 0 Å². The number of aromatic carboxylic acids is 1. The second-order valence-electron chi connectivity index (χ2n) is 7.89. The summed E-state index contributed by atoms with van der Waals surface area (Å²) in [5, 5.41) is 24.3. The Morgan fingerprint density at radius 2 is 1.71 bits per heavy atom. The fourth-order valence-electron chi connectivity index (χ4n) is 3.19. The number of halogens is 1. The van der Waals surface area contributed by atoms with E-state index in [1.54, 1.807) is 39.5 Å². The van der Waals surface area contributed by atoms with E-state index in [4.69, 9.17) is 14.7 Å². The molecule has 0 spiro atoms. The highest BCUT2D eigenvalue weighted by Gasteiger charge is 2.33. The number of hydrogen-bond donors (Lipinski definition) is 2. The maximum atomic E-state index is 12.5. The number of nitrogens with zero attached hydrogens (tertiary/aromatic N) is 3. The van der Waals surface area contributed by atoms with Gasteiger partial charge in [-0.1, -0.05) is 29.4 Å². The molecule has 1 heterocycles. The number of hydrogen-bond acceptors (Lipinski definition) is 7. The Morgan fingerprint density at radius 1 is 1.09 bits per heavy atom. The van der Waals surface area contributed by atoms with E-state index in [1.807, 2.05) is 24.3 Å². The number of carbonyl (C=O) groups excluding carboxylic acids is 1. The summed E-state index contributed by atoms with van der Waals surface area (Å²) in [5.74, 6) is -0.517. The molecule has 0 fully saturated rings. The first-order valence-electron chi connectivity index (χ1n) is 10.5. The van der Waals surface area contributed by atoms with Crippen LogP contribution in [0.5, 0.6) is 5.75 Å². The zero-order valence-corrected chi connectivity index (χ0v) is 20.4. The van der Waals surface area contributed by atoms with Crippen LogP contribution >= 0.6 is 12.4 Å². The Hall–Kier alpha value is -3.82. The fourth-order valence-corrected chi connectivity index (χ4v) is 3.19. The summed E-state index contributed by atoms with van der Waals surface area (Å²) in [6.07, 6.45) is 5.77. The molecule has 186 valence electrons. The van der Waals surface area contributed by atoms with Crippen molar-refractivity contribution in [1.29, 1.82) is 0 Å². The van der Waals surface area contributed by atoms with Crippen molar-refractivity contribution in [2.45, 2.75) is 18.9 Å². The first-order valence-corrected chi connectivity index (χ1v) is 10.5. The van der Waals surface area contributed by atoms with Gasteiger partial charge in [-0.05, 0) is 47.5 Å². The highest BCUT2D eigenvalue weighted by Crippen LogP contribution is 2.24. The minimum atomic E-state index is -1.67. The zero-order valence-electron chi connectivity index (χ0n) is 19.6. The summed E-state index contributed by atoms with van der Waals surface area (Å²) in [6.45, 7) is 0.382. The van der Waals surface area contributed by atoms with Crippen LogP contribution in [0.3, 0.4) is 0 Å². The molecule has 1 atom stereocenters. The van der Waals surface area contributed by atoms with Crippen molar-refractivity contribution in [2.75, 3.05) is 21.2 Å². The number of carboxylic acids is 1. The van der Waals surface area contributed by atoms with Gasteiger partial charge in [-0.3, -0.25) is 4.79 Å².